The van der Waals surface area contributed by atoms with Gasteiger partial charge >= 0.3 is 0 Å². The molecule has 16 aromatic carbocycles. The fourth-order valence-electron chi connectivity index (χ4n) is 17.6. The molecule has 0 saturated heterocycles. The first-order valence-electron chi connectivity index (χ1n) is 38.1. The molecule has 2 aromatic heterocycles. The monoisotopic (exact) mass is 1410 g/mol. The van der Waals surface area contributed by atoms with Gasteiger partial charge in [-0.2, -0.15) is 0 Å². The molecule has 5 heteroatoms. The summed E-state index contributed by atoms with van der Waals surface area (Å²) in [5.74, 6) is 0.343. The Morgan fingerprint density at radius 3 is 1.45 bits per heavy atom. The van der Waals surface area contributed by atoms with Gasteiger partial charge in [0.15, 0.2) is 0 Å². The van der Waals surface area contributed by atoms with Gasteiger partial charge in [-0.1, -0.05) is 295 Å². The van der Waals surface area contributed by atoms with Crippen molar-refractivity contribution in [2.75, 3.05) is 5.32 Å². The maximum Gasteiger partial charge on any atom is 0.136 e. The largest absolute Gasteiger partial charge is 0.456 e. The summed E-state index contributed by atoms with van der Waals surface area (Å²) in [6, 6.07) is 122. The number of hydrogen-bond acceptors (Lipinski definition) is 4. The van der Waals surface area contributed by atoms with Gasteiger partial charge in [0.05, 0.1) is 12.1 Å². The van der Waals surface area contributed by atoms with E-state index < -0.39 is 0 Å². The highest BCUT2D eigenvalue weighted by molar-refractivity contribution is 6.09. The van der Waals surface area contributed by atoms with Crippen LogP contribution in [0.4, 0.5) is 5.69 Å². The smallest absolute Gasteiger partial charge is 0.136 e. The molecule has 0 fully saturated rings. The molecule has 18 aromatic rings. The fraction of sp³-hybridized carbons (Fsp3) is 0.0762. The molecule has 0 bridgehead atoms. The Balaban J connectivity index is 0.614. The molecular formula is C105H77N3O2. The molecule has 0 spiro atoms. The molecule has 3 N–H and O–H groups in total. The molecule has 20 rings (SSSR count). The molecule has 2 atom stereocenters. The maximum absolute atomic E-state index is 9.38. The van der Waals surface area contributed by atoms with Gasteiger partial charge in [0.2, 0.25) is 0 Å². The first-order valence-corrected chi connectivity index (χ1v) is 38.1. The normalized spacial score (nSPS) is 13.9. The third-order valence-corrected chi connectivity index (χ3v) is 23.4. The van der Waals surface area contributed by atoms with E-state index in [1.165, 1.54) is 82.7 Å². The summed E-state index contributed by atoms with van der Waals surface area (Å²) >= 11 is 0. The lowest BCUT2D eigenvalue weighted by Crippen LogP contribution is -2.27. The third kappa shape index (κ3) is 11.5. The van der Waals surface area contributed by atoms with E-state index in [4.69, 9.17) is 8.83 Å². The van der Waals surface area contributed by atoms with Crippen LogP contribution in [-0.2, 0) is 10.8 Å². The lowest BCUT2D eigenvalue weighted by atomic mass is 9.80. The van der Waals surface area contributed by atoms with Crippen molar-refractivity contribution < 1.29 is 8.83 Å². The van der Waals surface area contributed by atoms with E-state index in [9.17, 15) is 5.41 Å². The van der Waals surface area contributed by atoms with E-state index in [0.717, 1.165) is 116 Å². The molecule has 5 nitrogen and oxygen atoms in total. The van der Waals surface area contributed by atoms with Gasteiger partial charge in [0, 0.05) is 43.6 Å². The minimum atomic E-state index is -0.355. The highest BCUT2D eigenvalue weighted by Crippen LogP contribution is 2.56. The van der Waals surface area contributed by atoms with Crippen molar-refractivity contribution in [3.63, 3.8) is 0 Å². The van der Waals surface area contributed by atoms with Crippen LogP contribution in [0.3, 0.4) is 0 Å². The highest BCUT2D eigenvalue weighted by atomic mass is 16.3. The number of amidine groups is 1. The van der Waals surface area contributed by atoms with Crippen LogP contribution in [-0.4, -0.2) is 5.84 Å². The van der Waals surface area contributed by atoms with Crippen molar-refractivity contribution >= 4 is 89.1 Å². The summed E-state index contributed by atoms with van der Waals surface area (Å²) < 4.78 is 13.4. The van der Waals surface area contributed by atoms with Crippen LogP contribution in [0.5, 0.6) is 0 Å². The number of benzene rings is 16. The molecule has 0 radical (unpaired) electrons. The molecule has 0 saturated carbocycles. The molecular weight excluding hydrogens is 1340 g/mol. The van der Waals surface area contributed by atoms with Crippen molar-refractivity contribution in [2.45, 2.75) is 50.6 Å². The van der Waals surface area contributed by atoms with Crippen LogP contribution in [0.2, 0.25) is 0 Å². The van der Waals surface area contributed by atoms with Gasteiger partial charge in [-0.05, 0) is 241 Å². The zero-order chi connectivity index (χ0) is 73.8. The number of rotatable bonds is 15. The van der Waals surface area contributed by atoms with Crippen molar-refractivity contribution in [1.82, 2.24) is 5.32 Å². The van der Waals surface area contributed by atoms with Gasteiger partial charge in [-0.25, -0.2) is 0 Å². The quantitative estimate of drug-likeness (QED) is 0.0706. The Morgan fingerprint density at radius 1 is 0.318 bits per heavy atom. The van der Waals surface area contributed by atoms with Crippen molar-refractivity contribution in [3.05, 3.63) is 402 Å². The van der Waals surface area contributed by atoms with E-state index in [1.807, 2.05) is 42.5 Å². The minimum absolute atomic E-state index is 0.105. The first-order chi connectivity index (χ1) is 53.9. The number of para-hydroxylation sites is 2. The molecule has 0 aliphatic heterocycles. The SMILES string of the molecule is CC1(C)c2cc3ccccc3cc2-c2c(-c3ccc(/C=C/C(Nc4ccccc4)c4cccc(-c5ccc6c(c5)oc5cc(-c7cc(-c8ccc(/C=C/C(NC(=N)c9ccccc9)c9ccccc9-c9ccc%10c(c9)oc9ccccc9%10)cc8)c8c(c7)C(C)(C)c7cc9ccccc9cc7-8)ccc56)c4)cc3)cccc21. The summed E-state index contributed by atoms with van der Waals surface area (Å²) in [5, 5.41) is 26.2. The summed E-state index contributed by atoms with van der Waals surface area (Å²) in [6.45, 7) is 9.50. The van der Waals surface area contributed by atoms with Gasteiger partial charge in [-0.3, -0.25) is 5.41 Å². The van der Waals surface area contributed by atoms with E-state index in [1.54, 1.807) is 0 Å². The molecule has 2 heterocycles. The molecule has 110 heavy (non-hydrogen) atoms. The molecule has 0 amide bonds. The summed E-state index contributed by atoms with van der Waals surface area (Å²) in [4.78, 5) is 0. The fourth-order valence-corrected chi connectivity index (χ4v) is 17.6. The Hall–Kier alpha value is -13.6. The zero-order valence-electron chi connectivity index (χ0n) is 61.6. The number of furan rings is 2. The lowest BCUT2D eigenvalue weighted by molar-refractivity contribution is 0.661. The van der Waals surface area contributed by atoms with Gasteiger partial charge in [0.1, 0.15) is 28.2 Å². The maximum atomic E-state index is 9.38. The van der Waals surface area contributed by atoms with Crippen LogP contribution in [0, 0.1) is 5.41 Å². The van der Waals surface area contributed by atoms with E-state index in [-0.39, 0.29) is 22.9 Å². The van der Waals surface area contributed by atoms with E-state index in [2.05, 4.69) is 360 Å². The van der Waals surface area contributed by atoms with Crippen LogP contribution >= 0.6 is 0 Å². The predicted molar refractivity (Wildman–Crippen MR) is 461 cm³/mol. The summed E-state index contributed by atoms with van der Waals surface area (Å²) in [7, 11) is 0. The molecule has 2 aliphatic rings. The minimum Gasteiger partial charge on any atom is -0.456 e. The predicted octanol–water partition coefficient (Wildman–Crippen LogP) is 28.0. The number of fused-ring (bicyclic) bond motifs is 14. The topological polar surface area (TPSA) is 74.2 Å². The number of nitrogens with one attached hydrogen (secondary N) is 3. The van der Waals surface area contributed by atoms with Crippen LogP contribution in [0.1, 0.15) is 89.8 Å². The second-order valence-corrected chi connectivity index (χ2v) is 30.8. The van der Waals surface area contributed by atoms with E-state index >= 15 is 0 Å². The lowest BCUT2D eigenvalue weighted by Gasteiger charge is -2.23. The van der Waals surface area contributed by atoms with Gasteiger partial charge in [-0.15, -0.1) is 0 Å². The second-order valence-electron chi connectivity index (χ2n) is 30.8. The van der Waals surface area contributed by atoms with Crippen molar-refractivity contribution in [3.8, 4) is 77.9 Å². The first kappa shape index (κ1) is 65.9. The Morgan fingerprint density at radius 2 is 0.791 bits per heavy atom. The van der Waals surface area contributed by atoms with Crippen molar-refractivity contribution in [1.29, 1.82) is 5.41 Å². The molecule has 2 unspecified atom stereocenters. The van der Waals surface area contributed by atoms with Crippen LogP contribution in [0.25, 0.3) is 155 Å². The van der Waals surface area contributed by atoms with E-state index in [0.29, 0.717) is 5.84 Å². The Bertz CT molecular complexity index is 6790. The summed E-state index contributed by atoms with van der Waals surface area (Å²) in [6.07, 6.45) is 8.91. The number of anilines is 1. The number of hydrogen-bond donors (Lipinski definition) is 3. The highest BCUT2D eigenvalue weighted by Gasteiger charge is 2.39. The van der Waals surface area contributed by atoms with Gasteiger partial charge in [0.25, 0.3) is 0 Å². The standard InChI is InChI=1S/C105H77N3O2/c1-104(2)91-35-20-34-82(101(91)89-56-71-23-11-13-25-73(71)59-92(89)104)67-43-37-65(38-44-67)41-53-95(107-80-29-9-6-10-30-80)78-28-19-27-70(55-78)75-47-50-86-87-51-48-76(63-99(87)110-98(86)62-75)79-58-88(102-90-57-72-24-12-14-26-74(72)60-93(90)105(3,4)94(102)61-79)68-45-39-66(40-46-68)42-54-96(108-103(106)69-21-7-5-8-22-69)83-32-16-15-31-81(83)77-49-52-85-84-33-17-18-36-97(84)109-100(85)64-77/h5-64,95-96,107H,1-4H3,(H2,106,108)/b53-41+,54-42+. The molecule has 524 valence electrons. The average Bonchev–Trinajstić information content (AvgIpc) is 1.56. The van der Waals surface area contributed by atoms with Gasteiger partial charge < -0.3 is 19.5 Å². The summed E-state index contributed by atoms with van der Waals surface area (Å²) in [5.41, 5.74) is 31.2. The Labute approximate surface area is 640 Å². The van der Waals surface area contributed by atoms with Crippen LogP contribution in [0.15, 0.2) is 361 Å². The average molecular weight is 1410 g/mol. The van der Waals surface area contributed by atoms with Crippen LogP contribution < -0.4 is 10.6 Å². The van der Waals surface area contributed by atoms with Crippen molar-refractivity contribution in [2.24, 2.45) is 0 Å². The Kier molecular flexibility index (Phi) is 15.8. The second kappa shape index (κ2) is 26.4. The third-order valence-electron chi connectivity index (χ3n) is 23.4. The zero-order valence-corrected chi connectivity index (χ0v) is 61.6. The molecule has 2 aliphatic carbocycles.